The summed E-state index contributed by atoms with van der Waals surface area (Å²) in [4.78, 5) is 0. The third-order valence-corrected chi connectivity index (χ3v) is 4.65. The minimum Gasteiger partial charge on any atom is -0.355 e. The third kappa shape index (κ3) is 4.54. The molecule has 0 bridgehead atoms. The van der Waals surface area contributed by atoms with Crippen LogP contribution >= 0.6 is 0 Å². The number of hydrogen-bond acceptors (Lipinski definition) is 2. The molecule has 162 valence electrons. The molecule has 2 N–H and O–H groups in total. The normalized spacial score (nSPS) is 10.8. The van der Waals surface area contributed by atoms with Crippen molar-refractivity contribution in [2.75, 3.05) is 10.6 Å². The van der Waals surface area contributed by atoms with E-state index in [9.17, 15) is 26.3 Å². The van der Waals surface area contributed by atoms with Crippen LogP contribution < -0.4 is 10.6 Å². The number of anilines is 4. The summed E-state index contributed by atoms with van der Waals surface area (Å²) in [6.45, 7) is 0. The first-order chi connectivity index (χ1) is 15.3. The van der Waals surface area contributed by atoms with Gasteiger partial charge in [0.2, 0.25) is 0 Å². The smallest absolute Gasteiger partial charge is 0.194 e. The van der Waals surface area contributed by atoms with Gasteiger partial charge in [-0.15, -0.1) is 0 Å². The Morgan fingerprint density at radius 1 is 0.375 bits per heavy atom. The van der Waals surface area contributed by atoms with E-state index in [1.807, 2.05) is 0 Å². The molecular formula is C24H14F6N2. The maximum atomic E-state index is 13.3. The molecule has 0 aliphatic rings. The molecule has 0 aliphatic heterocycles. The Hall–Kier alpha value is -3.94. The number of benzene rings is 4. The fraction of sp³-hybridized carbons (Fsp3) is 0. The zero-order valence-electron chi connectivity index (χ0n) is 16.2. The first-order valence-corrected chi connectivity index (χ1v) is 9.34. The minimum atomic E-state index is -1.53. The van der Waals surface area contributed by atoms with Gasteiger partial charge >= 0.3 is 0 Å². The maximum absolute atomic E-state index is 13.3. The molecule has 0 heterocycles. The van der Waals surface area contributed by atoms with Crippen LogP contribution in [-0.2, 0) is 0 Å². The number of hydrogen-bond donors (Lipinski definition) is 2. The van der Waals surface area contributed by atoms with Crippen LogP contribution in [0.15, 0.2) is 72.8 Å². The van der Waals surface area contributed by atoms with Crippen molar-refractivity contribution in [3.8, 4) is 11.1 Å². The highest BCUT2D eigenvalue weighted by Crippen LogP contribution is 2.27. The number of nitrogens with one attached hydrogen (secondary N) is 2. The van der Waals surface area contributed by atoms with E-state index in [-0.39, 0.29) is 11.4 Å². The van der Waals surface area contributed by atoms with Crippen LogP contribution in [0.25, 0.3) is 11.1 Å². The lowest BCUT2D eigenvalue weighted by atomic mass is 10.0. The predicted molar refractivity (Wildman–Crippen MR) is 111 cm³/mol. The van der Waals surface area contributed by atoms with Gasteiger partial charge in [-0.25, -0.2) is 26.3 Å². The molecule has 0 saturated heterocycles. The zero-order chi connectivity index (χ0) is 22.8. The fourth-order valence-electron chi connectivity index (χ4n) is 3.08. The van der Waals surface area contributed by atoms with Gasteiger partial charge < -0.3 is 10.6 Å². The molecule has 4 aromatic carbocycles. The molecule has 0 spiro atoms. The molecule has 0 atom stereocenters. The summed E-state index contributed by atoms with van der Waals surface area (Å²) < 4.78 is 79.5. The van der Waals surface area contributed by atoms with Gasteiger partial charge in [0.15, 0.2) is 34.9 Å². The Morgan fingerprint density at radius 2 is 0.656 bits per heavy atom. The lowest BCUT2D eigenvalue weighted by Gasteiger charge is -2.10. The molecule has 4 rings (SSSR count). The van der Waals surface area contributed by atoms with Gasteiger partial charge in [-0.2, -0.15) is 0 Å². The molecule has 2 nitrogen and oxygen atoms in total. The van der Waals surface area contributed by atoms with Gasteiger partial charge in [0.25, 0.3) is 0 Å². The fourth-order valence-corrected chi connectivity index (χ4v) is 3.08. The summed E-state index contributed by atoms with van der Waals surface area (Å²) in [7, 11) is 0. The summed E-state index contributed by atoms with van der Waals surface area (Å²) in [5.74, 6) is -8.21. The van der Waals surface area contributed by atoms with Crippen molar-refractivity contribution in [2.45, 2.75) is 0 Å². The van der Waals surface area contributed by atoms with Crippen molar-refractivity contribution in [2.24, 2.45) is 0 Å². The van der Waals surface area contributed by atoms with E-state index in [1.165, 1.54) is 0 Å². The Labute approximate surface area is 179 Å². The van der Waals surface area contributed by atoms with Crippen LogP contribution in [0.2, 0.25) is 0 Å². The Balaban J connectivity index is 1.46. The molecule has 0 amide bonds. The van der Waals surface area contributed by atoms with Crippen molar-refractivity contribution < 1.29 is 26.3 Å². The molecule has 0 fully saturated rings. The van der Waals surface area contributed by atoms with Crippen molar-refractivity contribution in [3.05, 3.63) is 108 Å². The monoisotopic (exact) mass is 444 g/mol. The second-order valence-corrected chi connectivity index (χ2v) is 6.91. The predicted octanol–water partition coefficient (Wildman–Crippen LogP) is 7.68. The van der Waals surface area contributed by atoms with Gasteiger partial charge in [-0.05, 0) is 35.4 Å². The molecule has 0 unspecified atom stereocenters. The first kappa shape index (κ1) is 21.3. The molecular weight excluding hydrogens is 430 g/mol. The molecule has 0 aromatic heterocycles. The maximum Gasteiger partial charge on any atom is 0.194 e. The minimum absolute atomic E-state index is 0.0678. The van der Waals surface area contributed by atoms with Crippen LogP contribution in [0.5, 0.6) is 0 Å². The second kappa shape index (κ2) is 8.66. The molecule has 0 radical (unpaired) electrons. The highest BCUT2D eigenvalue weighted by molar-refractivity contribution is 5.71. The topological polar surface area (TPSA) is 24.1 Å². The highest BCUT2D eigenvalue weighted by Gasteiger charge is 2.12. The third-order valence-electron chi connectivity index (χ3n) is 4.65. The van der Waals surface area contributed by atoms with Crippen LogP contribution in [0.3, 0.4) is 0 Å². The van der Waals surface area contributed by atoms with Crippen LogP contribution in [0, 0.1) is 34.9 Å². The SMILES string of the molecule is Fc1cc(Nc2ccc(-c3ccc(Nc4cc(F)c(F)c(F)c4)cc3)cc2)cc(F)c1F. The standard InChI is InChI=1S/C24H14F6N2/c25-19-9-17(10-20(26)23(19)29)31-15-5-1-13(2-6-15)14-3-7-16(8-4-14)32-18-11-21(27)24(30)22(28)12-18/h1-12,31-32H. The van der Waals surface area contributed by atoms with Gasteiger partial charge in [0.05, 0.1) is 0 Å². The lowest BCUT2D eigenvalue weighted by molar-refractivity contribution is 0.448. The zero-order valence-corrected chi connectivity index (χ0v) is 16.2. The Bertz CT molecular complexity index is 1120. The van der Waals surface area contributed by atoms with Gasteiger partial charge in [-0.1, -0.05) is 24.3 Å². The number of rotatable bonds is 5. The molecule has 0 aliphatic carbocycles. The van der Waals surface area contributed by atoms with E-state index in [0.717, 1.165) is 35.4 Å². The van der Waals surface area contributed by atoms with Crippen LogP contribution in [-0.4, -0.2) is 0 Å². The van der Waals surface area contributed by atoms with Gasteiger partial charge in [0, 0.05) is 47.0 Å². The molecule has 4 aromatic rings. The van der Waals surface area contributed by atoms with E-state index in [1.54, 1.807) is 48.5 Å². The Morgan fingerprint density at radius 3 is 0.938 bits per heavy atom. The highest BCUT2D eigenvalue weighted by atomic mass is 19.2. The lowest BCUT2D eigenvalue weighted by Crippen LogP contribution is -1.96. The van der Waals surface area contributed by atoms with Gasteiger partial charge in [-0.3, -0.25) is 0 Å². The summed E-state index contributed by atoms with van der Waals surface area (Å²) in [5.41, 5.74) is 2.88. The summed E-state index contributed by atoms with van der Waals surface area (Å²) in [6, 6.07) is 17.3. The van der Waals surface area contributed by atoms with E-state index >= 15 is 0 Å². The van der Waals surface area contributed by atoms with Crippen molar-refractivity contribution >= 4 is 22.7 Å². The summed E-state index contributed by atoms with van der Waals surface area (Å²) in [5, 5.41) is 5.59. The van der Waals surface area contributed by atoms with Crippen molar-refractivity contribution in [1.82, 2.24) is 0 Å². The van der Waals surface area contributed by atoms with E-state index in [0.29, 0.717) is 11.4 Å². The Kier molecular flexibility index (Phi) is 5.77. The van der Waals surface area contributed by atoms with E-state index < -0.39 is 34.9 Å². The van der Waals surface area contributed by atoms with E-state index in [4.69, 9.17) is 0 Å². The quantitative estimate of drug-likeness (QED) is 0.244. The molecule has 32 heavy (non-hydrogen) atoms. The second-order valence-electron chi connectivity index (χ2n) is 6.91. The summed E-state index contributed by atoms with van der Waals surface area (Å²) in [6.07, 6.45) is 0. The number of halogens is 6. The van der Waals surface area contributed by atoms with Crippen molar-refractivity contribution in [1.29, 1.82) is 0 Å². The summed E-state index contributed by atoms with van der Waals surface area (Å²) >= 11 is 0. The van der Waals surface area contributed by atoms with E-state index in [2.05, 4.69) is 10.6 Å². The average Bonchev–Trinajstić information content (AvgIpc) is 2.77. The average molecular weight is 444 g/mol. The van der Waals surface area contributed by atoms with Crippen LogP contribution in [0.4, 0.5) is 49.1 Å². The van der Waals surface area contributed by atoms with Crippen LogP contribution in [0.1, 0.15) is 0 Å². The molecule has 0 saturated carbocycles. The molecule has 8 heteroatoms. The first-order valence-electron chi connectivity index (χ1n) is 9.34. The van der Waals surface area contributed by atoms with Crippen molar-refractivity contribution in [3.63, 3.8) is 0 Å². The largest absolute Gasteiger partial charge is 0.355 e. The van der Waals surface area contributed by atoms with Gasteiger partial charge in [0.1, 0.15) is 0 Å².